The fourth-order valence-corrected chi connectivity index (χ4v) is 1.88. The number of Topliss-reactive ketones (excluding diaryl/α,β-unsaturated/α-hetero) is 1. The average molecular weight is 179 g/mol. The maximum absolute atomic E-state index is 11.6. The van der Waals surface area contributed by atoms with Crippen molar-refractivity contribution in [2.75, 3.05) is 0 Å². The van der Waals surface area contributed by atoms with Gasteiger partial charge in [0.15, 0.2) is 0 Å². The van der Waals surface area contributed by atoms with Gasteiger partial charge in [0.25, 0.3) is 0 Å². The lowest BCUT2D eigenvalue weighted by Gasteiger charge is -2.12. The number of rotatable bonds is 3. The van der Waals surface area contributed by atoms with Crippen LogP contribution in [0.5, 0.6) is 0 Å². The van der Waals surface area contributed by atoms with E-state index in [1.165, 1.54) is 0 Å². The second-order valence-corrected chi connectivity index (χ2v) is 3.59. The largest absolute Gasteiger partial charge is 0.327 e. The van der Waals surface area contributed by atoms with Crippen LogP contribution in [0.3, 0.4) is 0 Å². The van der Waals surface area contributed by atoms with Crippen molar-refractivity contribution in [2.24, 2.45) is 11.7 Å². The van der Waals surface area contributed by atoms with E-state index in [-0.39, 0.29) is 12.0 Å². The van der Waals surface area contributed by atoms with Gasteiger partial charge < -0.3 is 5.73 Å². The minimum atomic E-state index is 0.113. The lowest BCUT2D eigenvalue weighted by atomic mass is 9.96. The van der Waals surface area contributed by atoms with E-state index in [2.05, 4.69) is 11.8 Å². The second-order valence-electron chi connectivity index (χ2n) is 3.59. The third kappa shape index (κ3) is 2.86. The van der Waals surface area contributed by atoms with Crippen molar-refractivity contribution in [1.82, 2.24) is 0 Å². The maximum Gasteiger partial charge on any atom is 0.138 e. The highest BCUT2D eigenvalue weighted by Gasteiger charge is 2.29. The number of carbonyl (C=O) groups is 1. The van der Waals surface area contributed by atoms with E-state index in [0.717, 1.165) is 19.3 Å². The van der Waals surface area contributed by atoms with Crippen LogP contribution in [0.15, 0.2) is 0 Å². The molecule has 2 N–H and O–H groups in total. The molecule has 0 saturated heterocycles. The van der Waals surface area contributed by atoms with Crippen LogP contribution in [-0.2, 0) is 4.79 Å². The molecule has 2 atom stereocenters. The first kappa shape index (κ1) is 10.3. The molecule has 1 rings (SSSR count). The molecule has 72 valence electrons. The molecular formula is C11H17NO. The van der Waals surface area contributed by atoms with Gasteiger partial charge in [-0.05, 0) is 19.8 Å². The first-order valence-corrected chi connectivity index (χ1v) is 4.93. The van der Waals surface area contributed by atoms with Gasteiger partial charge in [-0.15, -0.1) is 11.8 Å². The monoisotopic (exact) mass is 179 g/mol. The van der Waals surface area contributed by atoms with Crippen LogP contribution in [0.2, 0.25) is 0 Å². The minimum absolute atomic E-state index is 0.113. The smallest absolute Gasteiger partial charge is 0.138 e. The van der Waals surface area contributed by atoms with Crippen molar-refractivity contribution in [3.8, 4) is 11.8 Å². The quantitative estimate of drug-likeness (QED) is 0.667. The fourth-order valence-electron chi connectivity index (χ4n) is 1.88. The van der Waals surface area contributed by atoms with E-state index in [1.807, 2.05) is 0 Å². The van der Waals surface area contributed by atoms with Crippen LogP contribution >= 0.6 is 0 Å². The molecule has 1 aliphatic rings. The van der Waals surface area contributed by atoms with E-state index < -0.39 is 0 Å². The number of nitrogens with two attached hydrogens (primary N) is 1. The van der Waals surface area contributed by atoms with Gasteiger partial charge in [-0.3, -0.25) is 4.79 Å². The van der Waals surface area contributed by atoms with E-state index >= 15 is 0 Å². The zero-order valence-corrected chi connectivity index (χ0v) is 8.18. The molecule has 1 aliphatic carbocycles. The van der Waals surface area contributed by atoms with Gasteiger partial charge in [0.2, 0.25) is 0 Å². The second kappa shape index (κ2) is 5.04. The van der Waals surface area contributed by atoms with Gasteiger partial charge in [0.05, 0.1) is 0 Å². The van der Waals surface area contributed by atoms with E-state index in [4.69, 9.17) is 5.73 Å². The molecule has 2 nitrogen and oxygen atoms in total. The highest BCUT2D eigenvalue weighted by atomic mass is 16.1. The minimum Gasteiger partial charge on any atom is -0.327 e. The summed E-state index contributed by atoms with van der Waals surface area (Å²) in [6, 6.07) is 0.113. The Bertz CT molecular complexity index is 236. The van der Waals surface area contributed by atoms with E-state index in [9.17, 15) is 4.79 Å². The Morgan fingerprint density at radius 1 is 1.54 bits per heavy atom. The van der Waals surface area contributed by atoms with Gasteiger partial charge in [-0.25, -0.2) is 0 Å². The third-order valence-electron chi connectivity index (χ3n) is 2.66. The predicted molar refractivity (Wildman–Crippen MR) is 53.0 cm³/mol. The molecule has 0 heterocycles. The molecule has 0 aromatic rings. The number of hydrogen-bond donors (Lipinski definition) is 1. The van der Waals surface area contributed by atoms with Crippen LogP contribution < -0.4 is 5.73 Å². The van der Waals surface area contributed by atoms with Crippen molar-refractivity contribution >= 4 is 5.78 Å². The van der Waals surface area contributed by atoms with Crippen molar-refractivity contribution in [3.05, 3.63) is 0 Å². The molecule has 2 unspecified atom stereocenters. The summed E-state index contributed by atoms with van der Waals surface area (Å²) in [4.78, 5) is 11.6. The SMILES string of the molecule is CC#CCCC(=O)C1CCCC1N. The summed E-state index contributed by atoms with van der Waals surface area (Å²) in [6.45, 7) is 1.80. The summed E-state index contributed by atoms with van der Waals surface area (Å²) in [5.41, 5.74) is 5.83. The van der Waals surface area contributed by atoms with Gasteiger partial charge in [-0.2, -0.15) is 0 Å². The first-order chi connectivity index (χ1) is 6.25. The van der Waals surface area contributed by atoms with Crippen LogP contribution in [0, 0.1) is 17.8 Å². The summed E-state index contributed by atoms with van der Waals surface area (Å²) < 4.78 is 0. The zero-order chi connectivity index (χ0) is 9.68. The van der Waals surface area contributed by atoms with Crippen LogP contribution in [-0.4, -0.2) is 11.8 Å². The molecule has 0 radical (unpaired) electrons. The Kier molecular flexibility index (Phi) is 3.98. The van der Waals surface area contributed by atoms with Crippen molar-refractivity contribution in [1.29, 1.82) is 0 Å². The van der Waals surface area contributed by atoms with E-state index in [0.29, 0.717) is 18.6 Å². The van der Waals surface area contributed by atoms with Crippen molar-refractivity contribution in [3.63, 3.8) is 0 Å². The Morgan fingerprint density at radius 3 is 2.85 bits per heavy atom. The third-order valence-corrected chi connectivity index (χ3v) is 2.66. The Balaban J connectivity index is 2.33. The van der Waals surface area contributed by atoms with Crippen LogP contribution in [0.4, 0.5) is 0 Å². The molecule has 0 spiro atoms. The Labute approximate surface area is 79.9 Å². The van der Waals surface area contributed by atoms with Gasteiger partial charge in [-0.1, -0.05) is 6.42 Å². The number of carbonyl (C=O) groups excluding carboxylic acids is 1. The molecule has 0 aromatic heterocycles. The van der Waals surface area contributed by atoms with Gasteiger partial charge >= 0.3 is 0 Å². The molecule has 1 fully saturated rings. The van der Waals surface area contributed by atoms with E-state index in [1.54, 1.807) is 6.92 Å². The fraction of sp³-hybridized carbons (Fsp3) is 0.727. The summed E-state index contributed by atoms with van der Waals surface area (Å²) >= 11 is 0. The molecule has 13 heavy (non-hydrogen) atoms. The van der Waals surface area contributed by atoms with Gasteiger partial charge in [0.1, 0.15) is 5.78 Å². The van der Waals surface area contributed by atoms with Crippen LogP contribution in [0.25, 0.3) is 0 Å². The highest BCUT2D eigenvalue weighted by Crippen LogP contribution is 2.25. The lowest BCUT2D eigenvalue weighted by molar-refractivity contribution is -0.122. The van der Waals surface area contributed by atoms with Crippen LogP contribution in [0.1, 0.15) is 39.0 Å². The lowest BCUT2D eigenvalue weighted by Crippen LogP contribution is -2.30. The first-order valence-electron chi connectivity index (χ1n) is 4.93. The average Bonchev–Trinajstić information content (AvgIpc) is 2.52. The Hall–Kier alpha value is -0.810. The predicted octanol–water partition coefficient (Wildman–Crippen LogP) is 1.49. The summed E-state index contributed by atoms with van der Waals surface area (Å²) in [5, 5.41) is 0. The highest BCUT2D eigenvalue weighted by molar-refractivity contribution is 5.82. The molecule has 0 bridgehead atoms. The number of hydrogen-bond acceptors (Lipinski definition) is 2. The molecule has 0 aromatic carbocycles. The molecule has 0 amide bonds. The zero-order valence-electron chi connectivity index (χ0n) is 8.18. The standard InChI is InChI=1S/C11H17NO/c1-2-3-4-8-11(13)9-6-5-7-10(9)12/h9-10H,4-8,12H2,1H3. The summed E-state index contributed by atoms with van der Waals surface area (Å²) in [6.07, 6.45) is 4.38. The molecule has 1 saturated carbocycles. The molecule has 0 aliphatic heterocycles. The maximum atomic E-state index is 11.6. The molecular weight excluding hydrogens is 162 g/mol. The topological polar surface area (TPSA) is 43.1 Å². The van der Waals surface area contributed by atoms with Crippen molar-refractivity contribution < 1.29 is 4.79 Å². The Morgan fingerprint density at radius 2 is 2.31 bits per heavy atom. The van der Waals surface area contributed by atoms with Gasteiger partial charge in [0, 0.05) is 24.8 Å². The number of ketones is 1. The van der Waals surface area contributed by atoms with Crippen molar-refractivity contribution in [2.45, 2.75) is 45.1 Å². The summed E-state index contributed by atoms with van der Waals surface area (Å²) in [5.74, 6) is 6.13. The normalized spacial score (nSPS) is 26.6. The molecule has 2 heteroatoms. The summed E-state index contributed by atoms with van der Waals surface area (Å²) in [7, 11) is 0.